The molecule has 1 N–H and O–H groups in total. The quantitative estimate of drug-likeness (QED) is 0.495. The number of imidazole rings is 1. The van der Waals surface area contributed by atoms with Gasteiger partial charge in [-0.1, -0.05) is 48.5 Å². The number of anilines is 1. The largest absolute Gasteiger partial charge is 0.352 e. The van der Waals surface area contributed by atoms with Crippen LogP contribution >= 0.6 is 0 Å². The van der Waals surface area contributed by atoms with Crippen LogP contribution in [0.15, 0.2) is 78.9 Å². The number of fused-ring (bicyclic) bond motifs is 2. The van der Waals surface area contributed by atoms with E-state index in [2.05, 4.69) is 11.4 Å². The zero-order chi connectivity index (χ0) is 22.6. The summed E-state index contributed by atoms with van der Waals surface area (Å²) in [5.74, 6) is 0.738. The number of aryl methyl sites for hydroxylation is 1. The number of benzene rings is 3. The summed E-state index contributed by atoms with van der Waals surface area (Å²) >= 11 is 0. The number of hydrogen-bond donors (Lipinski definition) is 1. The lowest BCUT2D eigenvalue weighted by atomic mass is 10.0. The summed E-state index contributed by atoms with van der Waals surface area (Å²) in [6.45, 7) is 1.39. The predicted octanol–water partition coefficient (Wildman–Crippen LogP) is 3.99. The maximum atomic E-state index is 13.4. The van der Waals surface area contributed by atoms with Crippen LogP contribution in [0.5, 0.6) is 0 Å². The molecule has 0 saturated carbocycles. The Hall–Kier alpha value is -3.93. The summed E-state index contributed by atoms with van der Waals surface area (Å²) < 4.78 is 1.99. The second-order valence-corrected chi connectivity index (χ2v) is 8.25. The molecule has 1 aliphatic rings. The molecule has 4 aromatic rings. The van der Waals surface area contributed by atoms with Gasteiger partial charge in [-0.25, -0.2) is 4.98 Å². The molecule has 6 heteroatoms. The molecule has 2 amide bonds. The molecule has 166 valence electrons. The van der Waals surface area contributed by atoms with E-state index in [1.807, 2.05) is 70.1 Å². The van der Waals surface area contributed by atoms with E-state index in [0.717, 1.165) is 41.9 Å². The van der Waals surface area contributed by atoms with Crippen molar-refractivity contribution in [2.24, 2.45) is 0 Å². The summed E-state index contributed by atoms with van der Waals surface area (Å²) in [4.78, 5) is 32.5. The van der Waals surface area contributed by atoms with Gasteiger partial charge in [0, 0.05) is 30.8 Å². The van der Waals surface area contributed by atoms with Crippen molar-refractivity contribution in [1.82, 2.24) is 14.9 Å². The second kappa shape index (κ2) is 9.28. The van der Waals surface area contributed by atoms with E-state index in [0.29, 0.717) is 18.5 Å². The first-order chi connectivity index (χ1) is 16.2. The molecular formula is C27H26N4O2. The highest BCUT2D eigenvalue weighted by Crippen LogP contribution is 2.27. The fourth-order valence-corrected chi connectivity index (χ4v) is 4.49. The van der Waals surface area contributed by atoms with Crippen LogP contribution in [0.2, 0.25) is 0 Å². The smallest absolute Gasteiger partial charge is 0.251 e. The van der Waals surface area contributed by atoms with Gasteiger partial charge < -0.3 is 14.8 Å². The van der Waals surface area contributed by atoms with Crippen LogP contribution in [0.25, 0.3) is 11.0 Å². The van der Waals surface area contributed by atoms with Crippen molar-refractivity contribution in [2.45, 2.75) is 25.8 Å². The average Bonchev–Trinajstić information content (AvgIpc) is 3.21. The van der Waals surface area contributed by atoms with Gasteiger partial charge in [-0.2, -0.15) is 0 Å². The zero-order valence-electron chi connectivity index (χ0n) is 18.4. The van der Waals surface area contributed by atoms with Crippen molar-refractivity contribution in [3.63, 3.8) is 0 Å². The molecule has 1 aromatic heterocycles. The van der Waals surface area contributed by atoms with Gasteiger partial charge in [-0.05, 0) is 48.7 Å². The Bertz CT molecular complexity index is 1300. The van der Waals surface area contributed by atoms with E-state index in [9.17, 15) is 9.59 Å². The maximum Gasteiger partial charge on any atom is 0.251 e. The number of nitrogens with one attached hydrogen (secondary N) is 1. The lowest BCUT2D eigenvalue weighted by Gasteiger charge is -2.29. The third-order valence-corrected chi connectivity index (χ3v) is 6.11. The lowest BCUT2D eigenvalue weighted by Crippen LogP contribution is -2.38. The van der Waals surface area contributed by atoms with Crippen molar-refractivity contribution in [3.05, 3.63) is 95.8 Å². The highest BCUT2D eigenvalue weighted by molar-refractivity contribution is 5.95. The molecule has 0 fully saturated rings. The Kier molecular flexibility index (Phi) is 5.89. The molecule has 2 heterocycles. The van der Waals surface area contributed by atoms with Crippen LogP contribution in [0, 0.1) is 0 Å². The van der Waals surface area contributed by atoms with E-state index in [-0.39, 0.29) is 18.4 Å². The third-order valence-electron chi connectivity index (χ3n) is 6.11. The van der Waals surface area contributed by atoms with Crippen LogP contribution in [0.4, 0.5) is 5.69 Å². The van der Waals surface area contributed by atoms with Crippen LogP contribution < -0.4 is 10.2 Å². The Morgan fingerprint density at radius 3 is 2.55 bits per heavy atom. The number of amides is 2. The molecule has 1 aliphatic heterocycles. The van der Waals surface area contributed by atoms with Gasteiger partial charge in [0.25, 0.3) is 5.91 Å². The van der Waals surface area contributed by atoms with Crippen molar-refractivity contribution in [3.8, 4) is 0 Å². The molecule has 0 aliphatic carbocycles. The molecule has 0 saturated heterocycles. The van der Waals surface area contributed by atoms with Crippen LogP contribution in [-0.4, -0.2) is 34.5 Å². The molecule has 0 bridgehead atoms. The van der Waals surface area contributed by atoms with E-state index < -0.39 is 0 Å². The summed E-state index contributed by atoms with van der Waals surface area (Å²) in [6.07, 6.45) is 2.50. The Morgan fingerprint density at radius 1 is 0.909 bits per heavy atom. The van der Waals surface area contributed by atoms with E-state index in [1.165, 1.54) is 5.56 Å². The fourth-order valence-electron chi connectivity index (χ4n) is 4.49. The lowest BCUT2D eigenvalue weighted by molar-refractivity contribution is -0.119. The normalized spacial score (nSPS) is 13.0. The minimum absolute atomic E-state index is 0.0554. The van der Waals surface area contributed by atoms with Crippen LogP contribution in [0.1, 0.15) is 28.2 Å². The topological polar surface area (TPSA) is 67.2 Å². The third kappa shape index (κ3) is 4.37. The standard InChI is InChI=1S/C27H26N4O2/c32-26(30-18-8-12-20-9-4-6-14-23(20)30)19-31-24-15-7-5-13-22(24)29-25(31)16-17-28-27(33)21-10-2-1-3-11-21/h1-7,9-11,13-15H,8,12,16-19H2,(H,28,33). The molecule has 33 heavy (non-hydrogen) atoms. The monoisotopic (exact) mass is 438 g/mol. The van der Waals surface area contributed by atoms with Gasteiger partial charge >= 0.3 is 0 Å². The van der Waals surface area contributed by atoms with Crippen LogP contribution in [0.3, 0.4) is 0 Å². The molecule has 0 radical (unpaired) electrons. The van der Waals surface area contributed by atoms with Crippen LogP contribution in [-0.2, 0) is 24.2 Å². The number of carbonyl (C=O) groups excluding carboxylic acids is 2. The number of nitrogens with zero attached hydrogens (tertiary/aromatic N) is 3. The van der Waals surface area contributed by atoms with Crippen molar-refractivity contribution in [2.75, 3.05) is 18.0 Å². The highest BCUT2D eigenvalue weighted by Gasteiger charge is 2.24. The molecule has 0 unspecified atom stereocenters. The molecule has 0 spiro atoms. The number of hydrogen-bond acceptors (Lipinski definition) is 3. The van der Waals surface area contributed by atoms with Gasteiger partial charge in [0.05, 0.1) is 11.0 Å². The minimum atomic E-state index is -0.112. The SMILES string of the molecule is O=C(NCCc1nc2ccccc2n1CC(=O)N1CCCc2ccccc21)c1ccccc1. The molecule has 6 nitrogen and oxygen atoms in total. The minimum Gasteiger partial charge on any atom is -0.352 e. The van der Waals surface area contributed by atoms with Crippen molar-refractivity contribution < 1.29 is 9.59 Å². The first-order valence-corrected chi connectivity index (χ1v) is 11.4. The van der Waals surface area contributed by atoms with Gasteiger partial charge in [-0.15, -0.1) is 0 Å². The first kappa shape index (κ1) is 20.9. The van der Waals surface area contributed by atoms with Crippen molar-refractivity contribution >= 4 is 28.5 Å². The number of aromatic nitrogens is 2. The summed E-state index contributed by atoms with van der Waals surface area (Å²) in [6, 6.07) is 25.2. The Morgan fingerprint density at radius 2 is 1.67 bits per heavy atom. The molecule has 3 aromatic carbocycles. The van der Waals surface area contributed by atoms with Gasteiger partial charge in [0.2, 0.25) is 5.91 Å². The predicted molar refractivity (Wildman–Crippen MR) is 129 cm³/mol. The van der Waals surface area contributed by atoms with Crippen molar-refractivity contribution in [1.29, 1.82) is 0 Å². The number of para-hydroxylation sites is 3. The number of rotatable bonds is 6. The number of carbonyl (C=O) groups is 2. The summed E-state index contributed by atoms with van der Waals surface area (Å²) in [5.41, 5.74) is 4.64. The summed E-state index contributed by atoms with van der Waals surface area (Å²) in [5, 5.41) is 2.96. The Labute approximate surface area is 192 Å². The highest BCUT2D eigenvalue weighted by atomic mass is 16.2. The van der Waals surface area contributed by atoms with Gasteiger partial charge in [-0.3, -0.25) is 9.59 Å². The fraction of sp³-hybridized carbons (Fsp3) is 0.222. The molecular weight excluding hydrogens is 412 g/mol. The second-order valence-electron chi connectivity index (χ2n) is 8.25. The first-order valence-electron chi connectivity index (χ1n) is 11.4. The molecule has 0 atom stereocenters. The van der Waals surface area contributed by atoms with Gasteiger partial charge in [0.15, 0.2) is 0 Å². The zero-order valence-corrected chi connectivity index (χ0v) is 18.4. The van der Waals surface area contributed by atoms with E-state index in [4.69, 9.17) is 4.98 Å². The average molecular weight is 439 g/mol. The Balaban J connectivity index is 1.35. The maximum absolute atomic E-state index is 13.4. The summed E-state index contributed by atoms with van der Waals surface area (Å²) in [7, 11) is 0. The van der Waals surface area contributed by atoms with E-state index in [1.54, 1.807) is 12.1 Å². The molecule has 5 rings (SSSR count). The van der Waals surface area contributed by atoms with E-state index >= 15 is 0 Å². The van der Waals surface area contributed by atoms with Gasteiger partial charge in [0.1, 0.15) is 12.4 Å².